The van der Waals surface area contributed by atoms with Gasteiger partial charge in [0, 0.05) is 6.54 Å². The fourth-order valence-electron chi connectivity index (χ4n) is 0.454. The van der Waals surface area contributed by atoms with Gasteiger partial charge in [0.1, 0.15) is 0 Å². The molecule has 0 amide bonds. The van der Waals surface area contributed by atoms with Crippen molar-refractivity contribution in [1.82, 2.24) is 4.90 Å². The van der Waals surface area contributed by atoms with Gasteiger partial charge in [-0.15, -0.1) is 0 Å². The topological polar surface area (TPSA) is 20.3 Å². The highest BCUT2D eigenvalue weighted by molar-refractivity contribution is 6.66. The molecule has 0 bridgehead atoms. The Morgan fingerprint density at radius 3 is 2.70 bits per heavy atom. The standard InChI is InChI=1S/C7H12ClNO/c1-3-9(2)6-4-5-7(8)10/h4-5H,3,6H2,1-2H3/b5-4+. The zero-order valence-electron chi connectivity index (χ0n) is 6.30. The molecule has 0 saturated heterocycles. The smallest absolute Gasteiger partial charge is 0.244 e. The third kappa shape index (κ3) is 5.79. The molecule has 0 spiro atoms. The number of carbonyl (C=O) groups is 1. The van der Waals surface area contributed by atoms with Crippen molar-refractivity contribution >= 4 is 16.8 Å². The quantitative estimate of drug-likeness (QED) is 0.457. The number of hydrogen-bond donors (Lipinski definition) is 0. The van der Waals surface area contributed by atoms with Gasteiger partial charge in [0.25, 0.3) is 0 Å². The molecule has 0 N–H and O–H groups in total. The van der Waals surface area contributed by atoms with Crippen molar-refractivity contribution in [2.24, 2.45) is 0 Å². The van der Waals surface area contributed by atoms with Gasteiger partial charge in [-0.2, -0.15) is 0 Å². The summed E-state index contributed by atoms with van der Waals surface area (Å²) in [5.41, 5.74) is 0. The summed E-state index contributed by atoms with van der Waals surface area (Å²) in [6.45, 7) is 3.80. The van der Waals surface area contributed by atoms with Crippen LogP contribution in [0.25, 0.3) is 0 Å². The Bertz CT molecular complexity index is 134. The maximum absolute atomic E-state index is 10.2. The van der Waals surface area contributed by atoms with Crippen LogP contribution in [0.5, 0.6) is 0 Å². The van der Waals surface area contributed by atoms with Gasteiger partial charge in [-0.1, -0.05) is 13.0 Å². The number of carbonyl (C=O) groups excluding carboxylic acids is 1. The molecule has 0 unspecified atom stereocenters. The van der Waals surface area contributed by atoms with Crippen molar-refractivity contribution in [2.45, 2.75) is 6.92 Å². The van der Waals surface area contributed by atoms with Gasteiger partial charge in [0.05, 0.1) is 0 Å². The van der Waals surface area contributed by atoms with Gasteiger partial charge in [0.2, 0.25) is 5.24 Å². The lowest BCUT2D eigenvalue weighted by atomic mass is 10.4. The predicted molar refractivity (Wildman–Crippen MR) is 43.2 cm³/mol. The summed E-state index contributed by atoms with van der Waals surface area (Å²) >= 11 is 5.06. The molecule has 0 aromatic heterocycles. The van der Waals surface area contributed by atoms with Crippen LogP contribution in [0.2, 0.25) is 0 Å². The van der Waals surface area contributed by atoms with Crippen LogP contribution in [0.15, 0.2) is 12.2 Å². The number of rotatable bonds is 4. The molecule has 0 aliphatic carbocycles. The second-order valence-corrected chi connectivity index (χ2v) is 2.43. The normalized spacial score (nSPS) is 11.2. The molecule has 0 rings (SSSR count). The predicted octanol–water partition coefficient (Wildman–Crippen LogP) is 1.26. The lowest BCUT2D eigenvalue weighted by Crippen LogP contribution is -2.17. The highest BCUT2D eigenvalue weighted by Crippen LogP contribution is 1.85. The molecular formula is C7H12ClNO. The molecule has 2 nitrogen and oxygen atoms in total. The maximum Gasteiger partial charge on any atom is 0.244 e. The molecule has 0 heterocycles. The van der Waals surface area contributed by atoms with Crippen LogP contribution >= 0.6 is 11.6 Å². The van der Waals surface area contributed by atoms with E-state index in [1.807, 2.05) is 7.05 Å². The summed E-state index contributed by atoms with van der Waals surface area (Å²) in [5.74, 6) is 0. The highest BCUT2D eigenvalue weighted by Gasteiger charge is 1.89. The SMILES string of the molecule is CCN(C)C/C=C/C(=O)Cl. The third-order valence-corrected chi connectivity index (χ3v) is 1.33. The van der Waals surface area contributed by atoms with Crippen molar-refractivity contribution < 1.29 is 4.79 Å². The van der Waals surface area contributed by atoms with Crippen LogP contribution in [-0.4, -0.2) is 30.3 Å². The fourth-order valence-corrected chi connectivity index (χ4v) is 0.543. The average molecular weight is 162 g/mol. The Labute approximate surface area is 66.5 Å². The van der Waals surface area contributed by atoms with Crippen molar-refractivity contribution in [3.05, 3.63) is 12.2 Å². The first-order valence-corrected chi connectivity index (χ1v) is 3.59. The van der Waals surface area contributed by atoms with Crippen molar-refractivity contribution in [2.75, 3.05) is 20.1 Å². The van der Waals surface area contributed by atoms with E-state index in [1.165, 1.54) is 6.08 Å². The summed E-state index contributed by atoms with van der Waals surface area (Å²) in [4.78, 5) is 12.2. The second-order valence-electron chi connectivity index (χ2n) is 2.06. The van der Waals surface area contributed by atoms with E-state index in [0.29, 0.717) is 0 Å². The number of hydrogen-bond acceptors (Lipinski definition) is 2. The van der Waals surface area contributed by atoms with Gasteiger partial charge < -0.3 is 4.90 Å². The minimum absolute atomic E-state index is 0.412. The maximum atomic E-state index is 10.2. The van der Waals surface area contributed by atoms with Crippen LogP contribution in [0, 0.1) is 0 Å². The van der Waals surface area contributed by atoms with Crippen LogP contribution in [0.3, 0.4) is 0 Å². The van der Waals surface area contributed by atoms with Crippen molar-refractivity contribution in [3.63, 3.8) is 0 Å². The molecule has 10 heavy (non-hydrogen) atoms. The van der Waals surface area contributed by atoms with E-state index in [-0.39, 0.29) is 0 Å². The van der Waals surface area contributed by atoms with Gasteiger partial charge in [-0.25, -0.2) is 0 Å². The van der Waals surface area contributed by atoms with Gasteiger partial charge >= 0.3 is 0 Å². The lowest BCUT2D eigenvalue weighted by molar-refractivity contribution is -0.107. The Kier molecular flexibility index (Phi) is 5.26. The molecule has 0 atom stereocenters. The minimum atomic E-state index is -0.412. The summed E-state index contributed by atoms with van der Waals surface area (Å²) < 4.78 is 0. The summed E-state index contributed by atoms with van der Waals surface area (Å²) in [5, 5.41) is -0.412. The monoisotopic (exact) mass is 161 g/mol. The van der Waals surface area contributed by atoms with Gasteiger partial charge in [-0.05, 0) is 31.3 Å². The Balaban J connectivity index is 3.43. The van der Waals surface area contributed by atoms with E-state index < -0.39 is 5.24 Å². The third-order valence-electron chi connectivity index (χ3n) is 1.21. The molecule has 58 valence electrons. The van der Waals surface area contributed by atoms with Crippen LogP contribution < -0.4 is 0 Å². The molecule has 0 aliphatic rings. The van der Waals surface area contributed by atoms with Crippen LogP contribution in [0.1, 0.15) is 6.92 Å². The molecule has 0 aromatic carbocycles. The van der Waals surface area contributed by atoms with Crippen LogP contribution in [0.4, 0.5) is 0 Å². The molecule has 0 radical (unpaired) electrons. The van der Waals surface area contributed by atoms with E-state index in [0.717, 1.165) is 13.1 Å². The van der Waals surface area contributed by atoms with Crippen molar-refractivity contribution in [3.8, 4) is 0 Å². The Morgan fingerprint density at radius 2 is 2.30 bits per heavy atom. The molecule has 0 aliphatic heterocycles. The first-order valence-electron chi connectivity index (χ1n) is 3.21. The number of nitrogens with zero attached hydrogens (tertiary/aromatic N) is 1. The largest absolute Gasteiger partial charge is 0.303 e. The fraction of sp³-hybridized carbons (Fsp3) is 0.571. The Hall–Kier alpha value is -0.340. The molecule has 0 aromatic rings. The molecular weight excluding hydrogens is 150 g/mol. The summed E-state index contributed by atoms with van der Waals surface area (Å²) in [7, 11) is 1.98. The summed E-state index contributed by atoms with van der Waals surface area (Å²) in [6, 6.07) is 0. The molecule has 0 saturated carbocycles. The molecule has 3 heteroatoms. The minimum Gasteiger partial charge on any atom is -0.303 e. The number of halogens is 1. The zero-order chi connectivity index (χ0) is 7.98. The lowest BCUT2D eigenvalue weighted by Gasteiger charge is -2.08. The van der Waals surface area contributed by atoms with E-state index in [1.54, 1.807) is 6.08 Å². The second kappa shape index (κ2) is 5.45. The van der Waals surface area contributed by atoms with E-state index in [9.17, 15) is 4.79 Å². The first-order chi connectivity index (χ1) is 4.66. The van der Waals surface area contributed by atoms with Crippen LogP contribution in [-0.2, 0) is 4.79 Å². The zero-order valence-corrected chi connectivity index (χ0v) is 7.06. The summed E-state index contributed by atoms with van der Waals surface area (Å²) in [6.07, 6.45) is 3.12. The van der Waals surface area contributed by atoms with E-state index in [2.05, 4.69) is 11.8 Å². The average Bonchev–Trinajstić information content (AvgIpc) is 1.87. The van der Waals surface area contributed by atoms with E-state index in [4.69, 9.17) is 11.6 Å². The van der Waals surface area contributed by atoms with E-state index >= 15 is 0 Å². The Morgan fingerprint density at radius 1 is 1.70 bits per heavy atom. The first kappa shape index (κ1) is 9.66. The van der Waals surface area contributed by atoms with Gasteiger partial charge in [-0.3, -0.25) is 4.79 Å². The van der Waals surface area contributed by atoms with Gasteiger partial charge in [0.15, 0.2) is 0 Å². The molecule has 0 fully saturated rings. The number of allylic oxidation sites excluding steroid dienone is 1. The van der Waals surface area contributed by atoms with Crippen molar-refractivity contribution in [1.29, 1.82) is 0 Å². The highest BCUT2D eigenvalue weighted by atomic mass is 35.5. The number of likely N-dealkylation sites (N-methyl/N-ethyl adjacent to an activating group) is 1.